The summed E-state index contributed by atoms with van der Waals surface area (Å²) in [6.45, 7) is 21.7. The molecule has 0 spiro atoms. The SMILES string of the molecule is CC(C)Cc1cc(Cc2cc(C(C)(C)C)c(O)c(C(C)(C)C)c2)cc(CC(C)C)c1O. The van der Waals surface area contributed by atoms with Crippen molar-refractivity contribution in [2.24, 2.45) is 11.8 Å². The van der Waals surface area contributed by atoms with Crippen molar-refractivity contribution in [2.75, 3.05) is 0 Å². The van der Waals surface area contributed by atoms with E-state index in [0.717, 1.165) is 41.5 Å². The van der Waals surface area contributed by atoms with E-state index >= 15 is 0 Å². The maximum Gasteiger partial charge on any atom is 0.123 e. The van der Waals surface area contributed by atoms with Gasteiger partial charge >= 0.3 is 0 Å². The van der Waals surface area contributed by atoms with Gasteiger partial charge in [0.1, 0.15) is 11.5 Å². The van der Waals surface area contributed by atoms with Gasteiger partial charge in [0.2, 0.25) is 0 Å². The molecule has 2 N–H and O–H groups in total. The Morgan fingerprint density at radius 3 is 1.29 bits per heavy atom. The van der Waals surface area contributed by atoms with Gasteiger partial charge in [-0.05, 0) is 75.3 Å². The quantitative estimate of drug-likeness (QED) is 0.499. The monoisotopic (exact) mass is 424 g/mol. The van der Waals surface area contributed by atoms with Crippen LogP contribution in [0.3, 0.4) is 0 Å². The summed E-state index contributed by atoms with van der Waals surface area (Å²) in [4.78, 5) is 0. The molecule has 172 valence electrons. The van der Waals surface area contributed by atoms with Gasteiger partial charge in [0.25, 0.3) is 0 Å². The number of aromatic hydroxyl groups is 2. The van der Waals surface area contributed by atoms with Crippen LogP contribution in [0.1, 0.15) is 103 Å². The molecule has 0 saturated carbocycles. The van der Waals surface area contributed by atoms with Crippen molar-refractivity contribution in [1.82, 2.24) is 0 Å². The largest absolute Gasteiger partial charge is 0.507 e. The van der Waals surface area contributed by atoms with Crippen LogP contribution in [0.25, 0.3) is 0 Å². The fourth-order valence-corrected chi connectivity index (χ4v) is 4.30. The maximum atomic E-state index is 11.0. The zero-order valence-corrected chi connectivity index (χ0v) is 21.5. The summed E-state index contributed by atoms with van der Waals surface area (Å²) >= 11 is 0. The molecule has 2 nitrogen and oxygen atoms in total. The Morgan fingerprint density at radius 1 is 0.613 bits per heavy atom. The fraction of sp³-hybridized carbons (Fsp3) is 0.586. The van der Waals surface area contributed by atoms with Gasteiger partial charge < -0.3 is 10.2 Å². The molecular formula is C29H44O2. The highest BCUT2D eigenvalue weighted by Gasteiger charge is 2.26. The molecule has 0 aliphatic carbocycles. The molecule has 2 heteroatoms. The van der Waals surface area contributed by atoms with Gasteiger partial charge in [0.15, 0.2) is 0 Å². The summed E-state index contributed by atoms with van der Waals surface area (Å²) in [5, 5.41) is 21.9. The molecule has 0 heterocycles. The number of phenols is 2. The summed E-state index contributed by atoms with van der Waals surface area (Å²) in [7, 11) is 0. The van der Waals surface area contributed by atoms with Crippen molar-refractivity contribution in [3.8, 4) is 11.5 Å². The molecule has 0 amide bonds. The van der Waals surface area contributed by atoms with Crippen LogP contribution in [0.4, 0.5) is 0 Å². The van der Waals surface area contributed by atoms with E-state index in [2.05, 4.69) is 93.5 Å². The lowest BCUT2D eigenvalue weighted by Gasteiger charge is -2.28. The predicted molar refractivity (Wildman–Crippen MR) is 134 cm³/mol. The van der Waals surface area contributed by atoms with Crippen LogP contribution in [-0.2, 0) is 30.1 Å². The zero-order chi connectivity index (χ0) is 23.7. The molecule has 0 atom stereocenters. The summed E-state index contributed by atoms with van der Waals surface area (Å²) < 4.78 is 0. The molecule has 0 saturated heterocycles. The first-order valence-electron chi connectivity index (χ1n) is 11.8. The van der Waals surface area contributed by atoms with E-state index in [1.54, 1.807) is 0 Å². The molecule has 0 aromatic heterocycles. The lowest BCUT2D eigenvalue weighted by atomic mass is 9.78. The van der Waals surface area contributed by atoms with E-state index in [4.69, 9.17) is 0 Å². The number of benzene rings is 2. The van der Waals surface area contributed by atoms with Crippen molar-refractivity contribution in [1.29, 1.82) is 0 Å². The highest BCUT2D eigenvalue weighted by molar-refractivity contribution is 5.52. The zero-order valence-electron chi connectivity index (χ0n) is 21.5. The third-order valence-corrected chi connectivity index (χ3v) is 5.78. The first-order chi connectivity index (χ1) is 14.1. The average Bonchev–Trinajstić information content (AvgIpc) is 2.57. The average molecular weight is 425 g/mol. The van der Waals surface area contributed by atoms with Gasteiger partial charge in [-0.3, -0.25) is 0 Å². The van der Waals surface area contributed by atoms with Crippen molar-refractivity contribution in [2.45, 2.75) is 99.3 Å². The summed E-state index contributed by atoms with van der Waals surface area (Å²) in [6.07, 6.45) is 2.55. The van der Waals surface area contributed by atoms with Crippen LogP contribution in [0.5, 0.6) is 11.5 Å². The van der Waals surface area contributed by atoms with Crippen LogP contribution < -0.4 is 0 Å². The second-order valence-corrected chi connectivity index (χ2v) is 12.2. The molecule has 0 unspecified atom stereocenters. The normalized spacial score (nSPS) is 12.8. The van der Waals surface area contributed by atoms with E-state index in [-0.39, 0.29) is 10.8 Å². The van der Waals surface area contributed by atoms with Gasteiger partial charge in [-0.1, -0.05) is 93.5 Å². The van der Waals surface area contributed by atoms with Gasteiger partial charge in [0, 0.05) is 0 Å². The second kappa shape index (κ2) is 9.27. The van der Waals surface area contributed by atoms with Crippen molar-refractivity contribution in [3.05, 3.63) is 57.6 Å². The first kappa shape index (κ1) is 25.3. The Labute approximate surface area is 190 Å². The smallest absolute Gasteiger partial charge is 0.123 e. The summed E-state index contributed by atoms with van der Waals surface area (Å²) in [5.41, 5.74) is 6.26. The van der Waals surface area contributed by atoms with Gasteiger partial charge in [0.05, 0.1) is 0 Å². The third-order valence-electron chi connectivity index (χ3n) is 5.78. The van der Waals surface area contributed by atoms with Crippen molar-refractivity contribution < 1.29 is 10.2 Å². The Morgan fingerprint density at radius 2 is 0.968 bits per heavy atom. The highest BCUT2D eigenvalue weighted by atomic mass is 16.3. The fourth-order valence-electron chi connectivity index (χ4n) is 4.30. The summed E-state index contributed by atoms with van der Waals surface area (Å²) in [6, 6.07) is 8.70. The Kier molecular flexibility index (Phi) is 7.56. The standard InChI is InChI=1S/C29H44O2/c1-18(2)11-22-14-20(15-23(26(22)30)12-19(3)4)13-21-16-24(28(5,6)7)27(31)25(17-21)29(8,9)10/h14-19,30-31H,11-13H2,1-10H3. The number of hydrogen-bond donors (Lipinski definition) is 2. The van der Waals surface area contributed by atoms with Crippen LogP contribution in [-0.4, -0.2) is 10.2 Å². The van der Waals surface area contributed by atoms with E-state index < -0.39 is 0 Å². The predicted octanol–water partition coefficient (Wildman–Crippen LogP) is 7.68. The van der Waals surface area contributed by atoms with Crippen molar-refractivity contribution in [3.63, 3.8) is 0 Å². The molecule has 0 aliphatic rings. The molecule has 2 aromatic rings. The minimum Gasteiger partial charge on any atom is -0.507 e. The molecule has 0 aliphatic heterocycles. The van der Waals surface area contributed by atoms with Crippen LogP contribution in [0, 0.1) is 11.8 Å². The van der Waals surface area contributed by atoms with E-state index in [1.807, 2.05) is 0 Å². The minimum atomic E-state index is -0.138. The first-order valence-corrected chi connectivity index (χ1v) is 11.8. The number of phenolic OH excluding ortho intramolecular Hbond substituents is 2. The molecular weight excluding hydrogens is 380 g/mol. The highest BCUT2D eigenvalue weighted by Crippen LogP contribution is 2.40. The van der Waals surface area contributed by atoms with E-state index in [0.29, 0.717) is 23.3 Å². The number of rotatable bonds is 6. The molecule has 31 heavy (non-hydrogen) atoms. The summed E-state index contributed by atoms with van der Waals surface area (Å²) in [5.74, 6) is 1.88. The van der Waals surface area contributed by atoms with Crippen LogP contribution in [0.15, 0.2) is 24.3 Å². The van der Waals surface area contributed by atoms with Crippen LogP contribution >= 0.6 is 0 Å². The van der Waals surface area contributed by atoms with Crippen molar-refractivity contribution >= 4 is 0 Å². The lowest BCUT2D eigenvalue weighted by Crippen LogP contribution is -2.18. The van der Waals surface area contributed by atoms with Gasteiger partial charge in [-0.25, -0.2) is 0 Å². The maximum absolute atomic E-state index is 11.0. The molecule has 0 radical (unpaired) electrons. The topological polar surface area (TPSA) is 40.5 Å². The molecule has 0 fully saturated rings. The molecule has 0 bridgehead atoms. The Balaban J connectivity index is 2.61. The van der Waals surface area contributed by atoms with E-state index in [1.165, 1.54) is 11.1 Å². The molecule has 2 aromatic carbocycles. The Hall–Kier alpha value is -1.96. The molecule has 2 rings (SSSR count). The lowest BCUT2D eigenvalue weighted by molar-refractivity contribution is 0.423. The second-order valence-electron chi connectivity index (χ2n) is 12.2. The third kappa shape index (κ3) is 6.51. The van der Waals surface area contributed by atoms with E-state index in [9.17, 15) is 10.2 Å². The Bertz CT molecular complexity index is 839. The minimum absolute atomic E-state index is 0.138. The van der Waals surface area contributed by atoms with Gasteiger partial charge in [-0.15, -0.1) is 0 Å². The number of hydrogen-bond acceptors (Lipinski definition) is 2. The van der Waals surface area contributed by atoms with Gasteiger partial charge in [-0.2, -0.15) is 0 Å². The van der Waals surface area contributed by atoms with Crippen LogP contribution in [0.2, 0.25) is 0 Å².